The first-order chi connectivity index (χ1) is 10.7. The highest BCUT2D eigenvalue weighted by atomic mass is 19.4. The van der Waals surface area contributed by atoms with E-state index in [1.165, 1.54) is 4.90 Å². The summed E-state index contributed by atoms with van der Waals surface area (Å²) in [5.74, 6) is -2.16. The lowest BCUT2D eigenvalue weighted by atomic mass is 10.2. The van der Waals surface area contributed by atoms with Crippen LogP contribution in [0.4, 0.5) is 13.2 Å². The van der Waals surface area contributed by atoms with Crippen molar-refractivity contribution in [1.29, 1.82) is 0 Å². The molecular formula is C12H16F3N5O3. The molecule has 128 valence electrons. The SMILES string of the molecule is CN(C)C(=O)[C@H]1CC[C@@H](C(=O)NCc2nc(C(F)(F)F)n[nH]2)O1. The Morgan fingerprint density at radius 2 is 2.00 bits per heavy atom. The van der Waals surface area contributed by atoms with Crippen LogP contribution in [0, 0.1) is 0 Å². The molecule has 0 aromatic carbocycles. The molecule has 1 aromatic heterocycles. The number of nitrogens with one attached hydrogen (secondary N) is 2. The van der Waals surface area contributed by atoms with Crippen LogP contribution in [0.5, 0.6) is 0 Å². The number of hydrogen-bond acceptors (Lipinski definition) is 5. The van der Waals surface area contributed by atoms with Gasteiger partial charge in [-0.3, -0.25) is 14.7 Å². The van der Waals surface area contributed by atoms with Crippen LogP contribution in [-0.2, 0) is 27.0 Å². The number of rotatable bonds is 4. The molecule has 2 rings (SSSR count). The van der Waals surface area contributed by atoms with Gasteiger partial charge in [0.1, 0.15) is 18.0 Å². The minimum Gasteiger partial charge on any atom is -0.355 e. The quantitative estimate of drug-likeness (QED) is 0.811. The van der Waals surface area contributed by atoms with Gasteiger partial charge in [-0.2, -0.15) is 13.2 Å². The van der Waals surface area contributed by atoms with Crippen molar-refractivity contribution in [2.75, 3.05) is 14.1 Å². The van der Waals surface area contributed by atoms with Crippen molar-refractivity contribution < 1.29 is 27.5 Å². The van der Waals surface area contributed by atoms with Crippen LogP contribution in [0.2, 0.25) is 0 Å². The first-order valence-electron chi connectivity index (χ1n) is 6.81. The van der Waals surface area contributed by atoms with E-state index in [-0.39, 0.29) is 18.3 Å². The summed E-state index contributed by atoms with van der Waals surface area (Å²) in [6.45, 7) is -0.242. The molecular weight excluding hydrogens is 319 g/mol. The first-order valence-corrected chi connectivity index (χ1v) is 6.81. The molecule has 23 heavy (non-hydrogen) atoms. The van der Waals surface area contributed by atoms with Crippen molar-refractivity contribution in [3.63, 3.8) is 0 Å². The van der Waals surface area contributed by atoms with Gasteiger partial charge in [0.25, 0.3) is 11.7 Å². The van der Waals surface area contributed by atoms with Crippen LogP contribution < -0.4 is 5.32 Å². The van der Waals surface area contributed by atoms with Gasteiger partial charge in [0.2, 0.25) is 5.91 Å². The fourth-order valence-electron chi connectivity index (χ4n) is 2.09. The van der Waals surface area contributed by atoms with Gasteiger partial charge in [0.15, 0.2) is 0 Å². The maximum atomic E-state index is 12.3. The average Bonchev–Trinajstić information content (AvgIpc) is 3.12. The smallest absolute Gasteiger partial charge is 0.355 e. The monoisotopic (exact) mass is 335 g/mol. The second kappa shape index (κ2) is 6.52. The number of H-pyrrole nitrogens is 1. The zero-order valence-corrected chi connectivity index (χ0v) is 12.5. The summed E-state index contributed by atoms with van der Waals surface area (Å²) in [7, 11) is 3.17. The van der Waals surface area contributed by atoms with E-state index in [1.54, 1.807) is 14.1 Å². The lowest BCUT2D eigenvalue weighted by molar-refractivity contribution is -0.145. The summed E-state index contributed by atoms with van der Waals surface area (Å²) in [6.07, 6.45) is -5.36. The average molecular weight is 335 g/mol. The Labute approximate surface area is 129 Å². The van der Waals surface area contributed by atoms with Gasteiger partial charge < -0.3 is 15.0 Å². The molecule has 1 saturated heterocycles. The maximum Gasteiger partial charge on any atom is 0.453 e. The Morgan fingerprint density at radius 3 is 2.57 bits per heavy atom. The zero-order valence-electron chi connectivity index (χ0n) is 12.5. The van der Waals surface area contributed by atoms with Crippen molar-refractivity contribution in [3.8, 4) is 0 Å². The molecule has 0 bridgehead atoms. The number of nitrogens with zero attached hydrogens (tertiary/aromatic N) is 3. The van der Waals surface area contributed by atoms with Gasteiger partial charge in [-0.25, -0.2) is 4.98 Å². The molecule has 11 heteroatoms. The van der Waals surface area contributed by atoms with Crippen LogP contribution in [0.3, 0.4) is 0 Å². The fourth-order valence-corrected chi connectivity index (χ4v) is 2.09. The van der Waals surface area contributed by atoms with E-state index < -0.39 is 30.1 Å². The highest BCUT2D eigenvalue weighted by Gasteiger charge is 2.37. The maximum absolute atomic E-state index is 12.3. The minimum atomic E-state index is -4.65. The zero-order chi connectivity index (χ0) is 17.2. The number of amides is 2. The molecule has 0 radical (unpaired) electrons. The van der Waals surface area contributed by atoms with Crippen molar-refractivity contribution >= 4 is 11.8 Å². The predicted octanol–water partition coefficient (Wildman–Crippen LogP) is 0.0755. The van der Waals surface area contributed by atoms with E-state index in [1.807, 2.05) is 0 Å². The fraction of sp³-hybridized carbons (Fsp3) is 0.667. The van der Waals surface area contributed by atoms with E-state index in [9.17, 15) is 22.8 Å². The number of ether oxygens (including phenoxy) is 1. The molecule has 2 heterocycles. The van der Waals surface area contributed by atoms with Gasteiger partial charge in [0.05, 0.1) is 6.54 Å². The summed E-state index contributed by atoms with van der Waals surface area (Å²) >= 11 is 0. The third kappa shape index (κ3) is 4.18. The lowest BCUT2D eigenvalue weighted by Gasteiger charge is -2.16. The lowest BCUT2D eigenvalue weighted by Crippen LogP contribution is -2.38. The number of likely N-dealkylation sites (N-methyl/N-ethyl adjacent to an activating group) is 1. The molecule has 1 aliphatic heterocycles. The summed E-state index contributed by atoms with van der Waals surface area (Å²) in [5, 5.41) is 7.53. The largest absolute Gasteiger partial charge is 0.453 e. The second-order valence-corrected chi connectivity index (χ2v) is 5.24. The third-order valence-corrected chi connectivity index (χ3v) is 3.24. The number of carbonyl (C=O) groups is 2. The number of aromatic amines is 1. The van der Waals surface area contributed by atoms with E-state index >= 15 is 0 Å². The van der Waals surface area contributed by atoms with E-state index in [0.29, 0.717) is 12.8 Å². The molecule has 8 nitrogen and oxygen atoms in total. The third-order valence-electron chi connectivity index (χ3n) is 3.24. The van der Waals surface area contributed by atoms with Crippen LogP contribution in [-0.4, -0.2) is 58.2 Å². The second-order valence-electron chi connectivity index (χ2n) is 5.24. The summed E-state index contributed by atoms with van der Waals surface area (Å²) in [6, 6.07) is 0. The number of hydrogen-bond donors (Lipinski definition) is 2. The summed E-state index contributed by atoms with van der Waals surface area (Å²) in [4.78, 5) is 28.3. The Morgan fingerprint density at radius 1 is 1.35 bits per heavy atom. The van der Waals surface area contributed by atoms with E-state index in [0.717, 1.165) is 0 Å². The van der Waals surface area contributed by atoms with Gasteiger partial charge >= 0.3 is 6.18 Å². The highest BCUT2D eigenvalue weighted by molar-refractivity contribution is 5.84. The summed E-state index contributed by atoms with van der Waals surface area (Å²) < 4.78 is 42.4. The molecule has 1 aromatic rings. The standard InChI is InChI=1S/C12H16F3N5O3/c1-20(2)10(22)7-4-3-6(23-7)9(21)16-5-8-17-11(19-18-8)12(13,14)15/h6-7H,3-5H2,1-2H3,(H,16,21)(H,17,18,19)/t6-,7+/m0/s1. The number of aromatic nitrogens is 3. The van der Waals surface area contributed by atoms with Crippen LogP contribution in [0.1, 0.15) is 24.5 Å². The normalized spacial score (nSPS) is 21.3. The number of carbonyl (C=O) groups excluding carboxylic acids is 2. The molecule has 1 aliphatic rings. The molecule has 2 amide bonds. The Balaban J connectivity index is 1.84. The molecule has 2 N–H and O–H groups in total. The predicted molar refractivity (Wildman–Crippen MR) is 69.8 cm³/mol. The Hall–Kier alpha value is -2.17. The minimum absolute atomic E-state index is 0.121. The van der Waals surface area contributed by atoms with Crippen molar-refractivity contribution in [3.05, 3.63) is 11.6 Å². The molecule has 0 saturated carbocycles. The summed E-state index contributed by atoms with van der Waals surface area (Å²) in [5.41, 5.74) is 0. The van der Waals surface area contributed by atoms with Gasteiger partial charge in [-0.05, 0) is 12.8 Å². The van der Waals surface area contributed by atoms with Crippen LogP contribution in [0.15, 0.2) is 0 Å². The van der Waals surface area contributed by atoms with E-state index in [2.05, 4.69) is 20.5 Å². The van der Waals surface area contributed by atoms with Crippen molar-refractivity contribution in [2.45, 2.75) is 37.8 Å². The van der Waals surface area contributed by atoms with Crippen molar-refractivity contribution in [2.24, 2.45) is 0 Å². The first kappa shape index (κ1) is 17.2. The topological polar surface area (TPSA) is 100 Å². The van der Waals surface area contributed by atoms with Gasteiger partial charge in [0, 0.05) is 14.1 Å². The van der Waals surface area contributed by atoms with Crippen LogP contribution in [0.25, 0.3) is 0 Å². The molecule has 1 fully saturated rings. The number of alkyl halides is 3. The number of halogens is 3. The van der Waals surface area contributed by atoms with Crippen molar-refractivity contribution in [1.82, 2.24) is 25.4 Å². The Bertz CT molecular complexity index is 587. The molecule has 0 unspecified atom stereocenters. The van der Waals surface area contributed by atoms with E-state index in [4.69, 9.17) is 4.74 Å². The molecule has 0 spiro atoms. The van der Waals surface area contributed by atoms with Gasteiger partial charge in [-0.1, -0.05) is 0 Å². The molecule has 2 atom stereocenters. The van der Waals surface area contributed by atoms with Gasteiger partial charge in [-0.15, -0.1) is 5.10 Å². The Kier molecular flexibility index (Phi) is 4.88. The highest BCUT2D eigenvalue weighted by Crippen LogP contribution is 2.25. The molecule has 0 aliphatic carbocycles. The van der Waals surface area contributed by atoms with Crippen LogP contribution >= 0.6 is 0 Å².